The number of halogens is 2. The van der Waals surface area contributed by atoms with Crippen LogP contribution in [0.4, 0.5) is 0 Å². The Kier molecular flexibility index (Phi) is 52.1. The molecule has 0 aromatic heterocycles. The summed E-state index contributed by atoms with van der Waals surface area (Å²) in [5.74, 6) is 0. The Morgan fingerprint density at radius 3 is 0.400 bits per heavy atom. The van der Waals surface area contributed by atoms with Crippen molar-refractivity contribution in [2.75, 3.05) is 0 Å². The van der Waals surface area contributed by atoms with Crippen molar-refractivity contribution < 1.29 is 79.7 Å². The van der Waals surface area contributed by atoms with Gasteiger partial charge in [0.25, 0.3) is 0 Å². The fourth-order valence-electron chi connectivity index (χ4n) is 0. The third-order valence-electron chi connectivity index (χ3n) is 0. The zero-order valence-electron chi connectivity index (χ0n) is 6.73. The van der Waals surface area contributed by atoms with Crippen LogP contribution in [0, 0.1) is 20.5 Å². The van der Waals surface area contributed by atoms with Gasteiger partial charge in [-0.2, -0.15) is 0 Å². The van der Waals surface area contributed by atoms with Gasteiger partial charge >= 0.3 is 37.7 Å². The second-order valence-electron chi connectivity index (χ2n) is 0.756. The van der Waals surface area contributed by atoms with Crippen LogP contribution in [-0.4, -0.2) is 59.6 Å². The van der Waals surface area contributed by atoms with E-state index in [-0.39, 0.29) is 59.6 Å². The summed E-state index contributed by atoms with van der Waals surface area (Å²) in [7, 11) is -9.89. The Morgan fingerprint density at radius 2 is 0.400 bits per heavy atom. The largest absolute Gasteiger partial charge is 2.00 e. The number of hydrogen-bond donors (Lipinski definition) is 0. The first-order valence-electron chi connectivity index (χ1n) is 1.23. The van der Waals surface area contributed by atoms with Gasteiger partial charge in [0.15, 0.2) is 0 Å². The van der Waals surface area contributed by atoms with Gasteiger partial charge < -0.3 is 21.9 Å². The Hall–Kier alpha value is 1.36. The molecule has 0 saturated heterocycles. The van der Waals surface area contributed by atoms with Crippen LogP contribution in [-0.2, 0) is 0 Å². The van der Waals surface area contributed by atoms with Gasteiger partial charge in [0.1, 0.15) is 0 Å². The van der Waals surface area contributed by atoms with Gasteiger partial charge in [-0.1, -0.05) is 0 Å². The van der Waals surface area contributed by atoms with Gasteiger partial charge in [0, 0.05) is 0 Å². The van der Waals surface area contributed by atoms with E-state index >= 15 is 0 Å². The predicted molar refractivity (Wildman–Crippen MR) is 20.2 cm³/mol. The first-order valence-corrected chi connectivity index (χ1v) is 3.70. The van der Waals surface area contributed by atoms with Gasteiger partial charge in [-0.05, 0) is 0 Å². The van der Waals surface area contributed by atoms with Crippen LogP contribution in [0.25, 0.3) is 0 Å². The number of hydrogen-bond acceptors (Lipinski definition) is 8. The summed E-state index contributed by atoms with van der Waals surface area (Å²) in [5, 5.41) is 0. The second kappa shape index (κ2) is 17.7. The smallest absolute Gasteiger partial charge is 0.412 e. The molecule has 0 fully saturated rings. The van der Waals surface area contributed by atoms with E-state index in [1.54, 1.807) is 0 Å². The molecule has 0 aliphatic rings. The Balaban J connectivity index is -0.0000000128. The molecular formula is H8CaCl2O12. The van der Waals surface area contributed by atoms with E-state index < -0.39 is 20.5 Å². The van der Waals surface area contributed by atoms with Crippen LogP contribution in [0.3, 0.4) is 0 Å². The standard InChI is InChI=1S/Ca.2ClHO4.4H2O/c;2*2-1(3,4)5;;;;/h;2*(H,2,3,4,5);4*1H2/q+2;;;;;;/p-2. The molecule has 0 rings (SSSR count). The van der Waals surface area contributed by atoms with E-state index in [1.165, 1.54) is 0 Å². The Labute approximate surface area is 117 Å². The van der Waals surface area contributed by atoms with Crippen LogP contribution in [0.1, 0.15) is 0 Å². The van der Waals surface area contributed by atoms with E-state index in [2.05, 4.69) is 0 Å². The van der Waals surface area contributed by atoms with Crippen molar-refractivity contribution in [2.45, 2.75) is 0 Å². The average molecular weight is 311 g/mol. The Bertz CT molecular complexity index is 56.6. The molecule has 8 N–H and O–H groups in total. The molecule has 0 heterocycles. The fourth-order valence-corrected chi connectivity index (χ4v) is 0. The van der Waals surface area contributed by atoms with Crippen LogP contribution >= 0.6 is 0 Å². The first kappa shape index (κ1) is 44.1. The van der Waals surface area contributed by atoms with Crippen LogP contribution in [0.5, 0.6) is 0 Å². The van der Waals surface area contributed by atoms with Gasteiger partial charge in [0.05, 0.1) is 0 Å². The van der Waals surface area contributed by atoms with E-state index in [1.807, 2.05) is 0 Å². The van der Waals surface area contributed by atoms with Gasteiger partial charge in [0.2, 0.25) is 0 Å². The third-order valence-corrected chi connectivity index (χ3v) is 0. The predicted octanol–water partition coefficient (Wildman–Crippen LogP) is -13.2. The fraction of sp³-hybridized carbons (Fsp3) is 0. The molecule has 0 aromatic carbocycles. The molecule has 0 atom stereocenters. The zero-order chi connectivity index (χ0) is 9.00. The summed E-state index contributed by atoms with van der Waals surface area (Å²) < 4.78 is 67.9. The van der Waals surface area contributed by atoms with Gasteiger partial charge in [-0.15, -0.1) is 20.5 Å². The molecule has 0 saturated carbocycles. The maximum atomic E-state index is 8.49. The molecule has 0 aliphatic heterocycles. The van der Waals surface area contributed by atoms with Gasteiger partial charge in [-0.3, -0.25) is 0 Å². The minimum absolute atomic E-state index is 0. The SMILES string of the molecule is O.O.O.O.[Ca+2].[O-][Cl+3]([O-])([O-])[O-].[O-][Cl+3]([O-])([O-])[O-]. The van der Waals surface area contributed by atoms with E-state index in [9.17, 15) is 0 Å². The third kappa shape index (κ3) is 1480. The zero-order valence-corrected chi connectivity index (χ0v) is 10.4. The van der Waals surface area contributed by atoms with E-state index in [0.29, 0.717) is 0 Å². The molecule has 96 valence electrons. The van der Waals surface area contributed by atoms with E-state index in [4.69, 9.17) is 37.3 Å². The normalized spacial score (nSPS) is 8.00. The first-order chi connectivity index (χ1) is 4.00. The topological polar surface area (TPSA) is 310 Å². The molecule has 0 amide bonds. The molecule has 0 aromatic rings. The number of rotatable bonds is 0. The summed E-state index contributed by atoms with van der Waals surface area (Å²) in [6.45, 7) is 0. The molecule has 0 bridgehead atoms. The van der Waals surface area contributed by atoms with Gasteiger partial charge in [-0.25, -0.2) is 37.3 Å². The molecule has 0 spiro atoms. The molecule has 0 unspecified atom stereocenters. The molecule has 0 radical (unpaired) electrons. The van der Waals surface area contributed by atoms with Crippen molar-refractivity contribution in [3.8, 4) is 0 Å². The second-order valence-corrected chi connectivity index (χ2v) is 2.27. The maximum Gasteiger partial charge on any atom is 2.00 e. The van der Waals surface area contributed by atoms with Crippen molar-refractivity contribution in [3.05, 3.63) is 0 Å². The summed E-state index contributed by atoms with van der Waals surface area (Å²) in [6.07, 6.45) is 0. The minimum atomic E-state index is -4.94. The average Bonchev–Trinajstić information content (AvgIpc) is 1.12. The summed E-state index contributed by atoms with van der Waals surface area (Å²) in [4.78, 5) is 0. The van der Waals surface area contributed by atoms with Crippen molar-refractivity contribution in [2.24, 2.45) is 0 Å². The molecule has 15 heteroatoms. The molecule has 12 nitrogen and oxygen atoms in total. The van der Waals surface area contributed by atoms with Crippen molar-refractivity contribution in [1.29, 1.82) is 0 Å². The van der Waals surface area contributed by atoms with Crippen molar-refractivity contribution in [3.63, 3.8) is 0 Å². The van der Waals surface area contributed by atoms with E-state index in [0.717, 1.165) is 0 Å². The summed E-state index contributed by atoms with van der Waals surface area (Å²) >= 11 is 0. The minimum Gasteiger partial charge on any atom is -0.412 e. The van der Waals surface area contributed by atoms with Crippen LogP contribution < -0.4 is 37.3 Å². The Morgan fingerprint density at radius 1 is 0.400 bits per heavy atom. The van der Waals surface area contributed by atoms with Crippen LogP contribution in [0.2, 0.25) is 0 Å². The monoisotopic (exact) mass is 310 g/mol. The van der Waals surface area contributed by atoms with Crippen molar-refractivity contribution >= 4 is 37.7 Å². The molecular weight excluding hydrogens is 303 g/mol. The van der Waals surface area contributed by atoms with Crippen molar-refractivity contribution in [1.82, 2.24) is 0 Å². The summed E-state index contributed by atoms with van der Waals surface area (Å²) in [5.41, 5.74) is 0. The summed E-state index contributed by atoms with van der Waals surface area (Å²) in [6, 6.07) is 0. The quantitative estimate of drug-likeness (QED) is 0.385. The molecule has 15 heavy (non-hydrogen) atoms. The van der Waals surface area contributed by atoms with Crippen LogP contribution in [0.15, 0.2) is 0 Å². The molecule has 0 aliphatic carbocycles. The maximum absolute atomic E-state index is 8.49.